The van der Waals surface area contributed by atoms with Crippen LogP contribution in [0.1, 0.15) is 53.7 Å². The number of hydrogen-bond donors (Lipinski definition) is 1. The second kappa shape index (κ2) is 12.7. The van der Waals surface area contributed by atoms with Crippen LogP contribution >= 0.6 is 11.6 Å². The van der Waals surface area contributed by atoms with Crippen LogP contribution in [0, 0.1) is 6.92 Å². The maximum atomic E-state index is 12.5. The van der Waals surface area contributed by atoms with E-state index in [1.807, 2.05) is 32.0 Å². The van der Waals surface area contributed by atoms with E-state index in [-0.39, 0.29) is 23.8 Å². The normalized spacial score (nSPS) is 10.9. The Morgan fingerprint density at radius 2 is 1.78 bits per heavy atom. The zero-order valence-corrected chi connectivity index (χ0v) is 21.5. The number of nitrogens with one attached hydrogen (secondary N) is 1. The smallest absolute Gasteiger partial charge is 0.345 e. The minimum absolute atomic E-state index is 0.165. The third-order valence-corrected chi connectivity index (χ3v) is 5.45. The highest BCUT2D eigenvalue weighted by Crippen LogP contribution is 2.30. The fraction of sp³-hybridized carbons (Fsp3) is 0.250. The number of halogens is 1. The van der Waals surface area contributed by atoms with Gasteiger partial charge in [-0.2, -0.15) is 5.10 Å². The van der Waals surface area contributed by atoms with Crippen LogP contribution in [0.4, 0.5) is 0 Å². The molecule has 1 amide bonds. The molecule has 0 aliphatic rings. The van der Waals surface area contributed by atoms with Crippen molar-refractivity contribution in [3.05, 3.63) is 87.9 Å². The van der Waals surface area contributed by atoms with Gasteiger partial charge in [-0.1, -0.05) is 49.7 Å². The van der Waals surface area contributed by atoms with Gasteiger partial charge in [0, 0.05) is 0 Å². The van der Waals surface area contributed by atoms with Crippen LogP contribution in [-0.4, -0.2) is 31.3 Å². The Bertz CT molecular complexity index is 1260. The average Bonchev–Trinajstić information content (AvgIpc) is 2.84. The van der Waals surface area contributed by atoms with Crippen molar-refractivity contribution in [1.82, 2.24) is 5.43 Å². The van der Waals surface area contributed by atoms with Crippen molar-refractivity contribution in [2.45, 2.75) is 33.6 Å². The topological polar surface area (TPSA) is 86.2 Å². The molecule has 0 saturated heterocycles. The van der Waals surface area contributed by atoms with E-state index in [0.29, 0.717) is 28.7 Å². The van der Waals surface area contributed by atoms with Gasteiger partial charge in [-0.15, -0.1) is 0 Å². The van der Waals surface area contributed by atoms with Gasteiger partial charge in [0.1, 0.15) is 5.75 Å². The molecule has 0 aromatic heterocycles. The summed E-state index contributed by atoms with van der Waals surface area (Å²) in [7, 11) is 0. The first-order valence-corrected chi connectivity index (χ1v) is 11.9. The number of hydrazone groups is 1. The van der Waals surface area contributed by atoms with E-state index in [0.717, 1.165) is 11.1 Å². The lowest BCUT2D eigenvalue weighted by molar-refractivity contribution is -0.123. The Kier molecular flexibility index (Phi) is 9.47. The highest BCUT2D eigenvalue weighted by Gasteiger charge is 2.16. The summed E-state index contributed by atoms with van der Waals surface area (Å²) in [5.74, 6) is 0.579. The molecule has 188 valence electrons. The number of amides is 1. The third kappa shape index (κ3) is 7.33. The summed E-state index contributed by atoms with van der Waals surface area (Å²) in [5.41, 5.74) is 5.44. The summed E-state index contributed by atoms with van der Waals surface area (Å²) in [6.45, 7) is 8.13. The Morgan fingerprint density at radius 3 is 2.50 bits per heavy atom. The Labute approximate surface area is 216 Å². The molecule has 0 unspecified atom stereocenters. The van der Waals surface area contributed by atoms with Crippen LogP contribution in [0.2, 0.25) is 5.02 Å². The summed E-state index contributed by atoms with van der Waals surface area (Å²) in [4.78, 5) is 24.8. The molecular weight excluding hydrogens is 480 g/mol. The molecule has 3 aromatic carbocycles. The summed E-state index contributed by atoms with van der Waals surface area (Å²) in [6, 6.07) is 17.5. The molecule has 36 heavy (non-hydrogen) atoms. The standard InChI is InChI=1S/C28H29ClN2O5/c1-5-34-26-15-20(11-13-24(26)36-28(33)22-8-6-7-9-23(22)29)16-30-31-27(32)17-35-25-14-19(4)10-12-21(25)18(2)3/h6-16,18H,5,17H2,1-4H3,(H,31,32)/b30-16+. The lowest BCUT2D eigenvalue weighted by atomic mass is 10.0. The molecule has 0 heterocycles. The largest absolute Gasteiger partial charge is 0.490 e. The molecule has 0 spiro atoms. The lowest BCUT2D eigenvalue weighted by Crippen LogP contribution is -2.25. The number of rotatable bonds is 10. The monoisotopic (exact) mass is 508 g/mol. The minimum Gasteiger partial charge on any atom is -0.490 e. The van der Waals surface area contributed by atoms with Gasteiger partial charge in [0.2, 0.25) is 0 Å². The van der Waals surface area contributed by atoms with E-state index < -0.39 is 11.9 Å². The Balaban J connectivity index is 1.62. The average molecular weight is 509 g/mol. The molecule has 0 saturated carbocycles. The van der Waals surface area contributed by atoms with E-state index in [1.165, 1.54) is 6.21 Å². The molecule has 7 nitrogen and oxygen atoms in total. The number of carbonyl (C=O) groups excluding carboxylic acids is 2. The number of benzene rings is 3. The molecule has 0 atom stereocenters. The zero-order chi connectivity index (χ0) is 26.1. The van der Waals surface area contributed by atoms with Gasteiger partial charge in [0.25, 0.3) is 5.91 Å². The lowest BCUT2D eigenvalue weighted by Gasteiger charge is -2.14. The van der Waals surface area contributed by atoms with Crippen LogP contribution in [-0.2, 0) is 4.79 Å². The quantitative estimate of drug-likeness (QED) is 0.159. The van der Waals surface area contributed by atoms with Crippen molar-refractivity contribution in [2.75, 3.05) is 13.2 Å². The van der Waals surface area contributed by atoms with Crippen molar-refractivity contribution in [3.8, 4) is 17.2 Å². The number of carbonyl (C=O) groups is 2. The van der Waals surface area contributed by atoms with Gasteiger partial charge in [-0.05, 0) is 72.9 Å². The minimum atomic E-state index is -0.593. The Morgan fingerprint density at radius 1 is 1.00 bits per heavy atom. The van der Waals surface area contributed by atoms with Crippen LogP contribution in [0.3, 0.4) is 0 Å². The predicted molar refractivity (Wildman–Crippen MR) is 141 cm³/mol. The first-order chi connectivity index (χ1) is 17.3. The molecule has 0 aliphatic heterocycles. The van der Waals surface area contributed by atoms with E-state index in [9.17, 15) is 9.59 Å². The zero-order valence-electron chi connectivity index (χ0n) is 20.7. The second-order valence-electron chi connectivity index (χ2n) is 8.29. The SMILES string of the molecule is CCOc1cc(/C=N/NC(=O)COc2cc(C)ccc2C(C)C)ccc1OC(=O)c1ccccc1Cl. The molecule has 3 rings (SSSR count). The van der Waals surface area contributed by atoms with E-state index in [4.69, 9.17) is 25.8 Å². The number of esters is 1. The second-order valence-corrected chi connectivity index (χ2v) is 8.69. The van der Waals surface area contributed by atoms with Gasteiger partial charge < -0.3 is 14.2 Å². The first kappa shape index (κ1) is 26.8. The van der Waals surface area contributed by atoms with Crippen molar-refractivity contribution in [3.63, 3.8) is 0 Å². The summed E-state index contributed by atoms with van der Waals surface area (Å²) in [6.07, 6.45) is 1.46. The summed E-state index contributed by atoms with van der Waals surface area (Å²) >= 11 is 6.09. The number of hydrogen-bond acceptors (Lipinski definition) is 6. The predicted octanol–water partition coefficient (Wildman–Crippen LogP) is 5.92. The molecule has 0 bridgehead atoms. The number of aryl methyl sites for hydroxylation is 1. The molecule has 1 N–H and O–H groups in total. The van der Waals surface area contributed by atoms with E-state index in [1.54, 1.807) is 42.5 Å². The van der Waals surface area contributed by atoms with Crippen molar-refractivity contribution < 1.29 is 23.8 Å². The molecule has 0 aliphatic carbocycles. The van der Waals surface area contributed by atoms with Gasteiger partial charge in [-0.25, -0.2) is 10.2 Å². The summed E-state index contributed by atoms with van der Waals surface area (Å²) in [5, 5.41) is 4.29. The van der Waals surface area contributed by atoms with Crippen LogP contribution in [0.5, 0.6) is 17.2 Å². The molecule has 8 heteroatoms. The maximum absolute atomic E-state index is 12.5. The maximum Gasteiger partial charge on any atom is 0.345 e. The fourth-order valence-corrected chi connectivity index (χ4v) is 3.55. The van der Waals surface area contributed by atoms with Crippen molar-refractivity contribution in [1.29, 1.82) is 0 Å². The third-order valence-electron chi connectivity index (χ3n) is 5.12. The molecule has 0 radical (unpaired) electrons. The summed E-state index contributed by atoms with van der Waals surface area (Å²) < 4.78 is 16.8. The highest BCUT2D eigenvalue weighted by molar-refractivity contribution is 6.33. The van der Waals surface area contributed by atoms with Gasteiger partial charge in [0.05, 0.1) is 23.4 Å². The van der Waals surface area contributed by atoms with Crippen molar-refractivity contribution >= 4 is 29.7 Å². The molecule has 3 aromatic rings. The van der Waals surface area contributed by atoms with Gasteiger partial charge >= 0.3 is 5.97 Å². The molecule has 0 fully saturated rings. The fourth-order valence-electron chi connectivity index (χ4n) is 3.34. The van der Waals surface area contributed by atoms with Crippen LogP contribution in [0.15, 0.2) is 65.8 Å². The van der Waals surface area contributed by atoms with Gasteiger partial charge in [0.15, 0.2) is 18.1 Å². The van der Waals surface area contributed by atoms with E-state index in [2.05, 4.69) is 24.4 Å². The Hall–Kier alpha value is -3.84. The van der Waals surface area contributed by atoms with E-state index >= 15 is 0 Å². The van der Waals surface area contributed by atoms with Gasteiger partial charge in [-0.3, -0.25) is 4.79 Å². The number of nitrogens with zero attached hydrogens (tertiary/aromatic N) is 1. The van der Waals surface area contributed by atoms with Crippen molar-refractivity contribution in [2.24, 2.45) is 5.10 Å². The van der Waals surface area contributed by atoms with Crippen LogP contribution < -0.4 is 19.6 Å². The van der Waals surface area contributed by atoms with Crippen LogP contribution in [0.25, 0.3) is 0 Å². The highest BCUT2D eigenvalue weighted by atomic mass is 35.5. The molecular formula is C28H29ClN2O5. The number of ether oxygens (including phenoxy) is 3. The first-order valence-electron chi connectivity index (χ1n) is 11.6.